The van der Waals surface area contributed by atoms with Gasteiger partial charge in [-0.25, -0.2) is 0 Å². The molecule has 19 heavy (non-hydrogen) atoms. The second-order valence-corrected chi connectivity index (χ2v) is 6.30. The average Bonchev–Trinajstić information content (AvgIpc) is 2.96. The minimum Gasteiger partial charge on any atom is -0.388 e. The average molecular weight is 298 g/mol. The van der Waals surface area contributed by atoms with Gasteiger partial charge in [0.05, 0.1) is 17.6 Å². The third-order valence-electron chi connectivity index (χ3n) is 2.64. The van der Waals surface area contributed by atoms with E-state index in [0.29, 0.717) is 16.4 Å². The molecule has 0 bridgehead atoms. The zero-order chi connectivity index (χ0) is 14.0. The van der Waals surface area contributed by atoms with Gasteiger partial charge in [0.2, 0.25) is 0 Å². The smallest absolute Gasteiger partial charge is 0.304 e. The number of anilines is 1. The molecule has 5 nitrogen and oxygen atoms in total. The summed E-state index contributed by atoms with van der Waals surface area (Å²) in [7, 11) is 1.82. The quantitative estimate of drug-likeness (QED) is 0.678. The molecule has 1 unspecified atom stereocenters. The highest BCUT2D eigenvalue weighted by atomic mass is 32.1. The Hall–Kier alpha value is -1.44. The maximum absolute atomic E-state index is 11.1. The maximum Gasteiger partial charge on any atom is 0.304 e. The molecule has 102 valence electrons. The zero-order valence-corrected chi connectivity index (χ0v) is 12.2. The molecule has 2 aromatic heterocycles. The van der Waals surface area contributed by atoms with Crippen molar-refractivity contribution < 1.29 is 10.0 Å². The summed E-state index contributed by atoms with van der Waals surface area (Å²) in [4.78, 5) is 14.3. The van der Waals surface area contributed by atoms with E-state index >= 15 is 0 Å². The van der Waals surface area contributed by atoms with Crippen molar-refractivity contribution in [3.8, 4) is 0 Å². The van der Waals surface area contributed by atoms with E-state index in [9.17, 15) is 15.2 Å². The van der Waals surface area contributed by atoms with Gasteiger partial charge in [-0.2, -0.15) is 0 Å². The molecule has 0 spiro atoms. The molecule has 0 saturated heterocycles. The number of nitrogens with zero attached hydrogens (tertiary/aromatic N) is 2. The first kappa shape index (κ1) is 14.0. The van der Waals surface area contributed by atoms with Gasteiger partial charge in [0, 0.05) is 22.9 Å². The fraction of sp³-hybridized carbons (Fsp3) is 0.333. The van der Waals surface area contributed by atoms with Crippen LogP contribution in [0.5, 0.6) is 0 Å². The summed E-state index contributed by atoms with van der Waals surface area (Å²) in [6.45, 7) is 2.23. The van der Waals surface area contributed by atoms with E-state index in [1.54, 1.807) is 18.3 Å². The third kappa shape index (κ3) is 3.12. The lowest BCUT2D eigenvalue weighted by atomic mass is 10.3. The second kappa shape index (κ2) is 5.68. The van der Waals surface area contributed by atoms with Gasteiger partial charge < -0.3 is 10.0 Å². The van der Waals surface area contributed by atoms with Gasteiger partial charge in [0.15, 0.2) is 5.00 Å². The highest BCUT2D eigenvalue weighted by Gasteiger charge is 2.23. The highest BCUT2D eigenvalue weighted by molar-refractivity contribution is 7.16. The Morgan fingerprint density at radius 2 is 2.32 bits per heavy atom. The lowest BCUT2D eigenvalue weighted by Gasteiger charge is -2.15. The normalized spacial score (nSPS) is 12.4. The van der Waals surface area contributed by atoms with Crippen LogP contribution >= 0.6 is 22.7 Å². The Bertz CT molecular complexity index is 564. The van der Waals surface area contributed by atoms with E-state index in [-0.39, 0.29) is 5.69 Å². The molecule has 0 aliphatic heterocycles. The zero-order valence-electron chi connectivity index (χ0n) is 10.6. The van der Waals surface area contributed by atoms with Crippen LogP contribution in [-0.2, 0) is 6.54 Å². The fourth-order valence-corrected chi connectivity index (χ4v) is 3.49. The van der Waals surface area contributed by atoms with Crippen molar-refractivity contribution >= 4 is 33.4 Å². The van der Waals surface area contributed by atoms with Gasteiger partial charge in [-0.1, -0.05) is 6.07 Å². The number of thiophene rings is 2. The van der Waals surface area contributed by atoms with Crippen molar-refractivity contribution in [1.82, 2.24) is 0 Å². The van der Waals surface area contributed by atoms with Crippen LogP contribution in [0.3, 0.4) is 0 Å². The predicted molar refractivity (Wildman–Crippen MR) is 78.0 cm³/mol. The molecular formula is C12H14N2O3S2. The summed E-state index contributed by atoms with van der Waals surface area (Å²) in [6, 6.07) is 5.41. The summed E-state index contributed by atoms with van der Waals surface area (Å²) >= 11 is 2.88. The second-order valence-electron chi connectivity index (χ2n) is 4.21. The number of aliphatic hydroxyl groups excluding tert-OH is 1. The van der Waals surface area contributed by atoms with E-state index < -0.39 is 11.0 Å². The largest absolute Gasteiger partial charge is 0.388 e. The summed E-state index contributed by atoms with van der Waals surface area (Å²) in [5.74, 6) is 0. The Balaban J connectivity index is 2.29. The van der Waals surface area contributed by atoms with Crippen LogP contribution in [-0.4, -0.2) is 17.1 Å². The van der Waals surface area contributed by atoms with Crippen molar-refractivity contribution in [2.45, 2.75) is 19.6 Å². The summed E-state index contributed by atoms with van der Waals surface area (Å²) in [6.07, 6.45) is -0.687. The summed E-state index contributed by atoms with van der Waals surface area (Å²) < 4.78 is 0. The topological polar surface area (TPSA) is 66.6 Å². The Kier molecular flexibility index (Phi) is 4.18. The van der Waals surface area contributed by atoms with Crippen LogP contribution in [0, 0.1) is 10.1 Å². The Morgan fingerprint density at radius 1 is 1.58 bits per heavy atom. The standard InChI is InChI=1S/C12H14N2O3S2/c1-8(15)11-6-10(14(16)17)12(19-11)13(2)7-9-4-3-5-18-9/h3-6,8,15H,7H2,1-2H3. The molecule has 7 heteroatoms. The van der Waals surface area contributed by atoms with Gasteiger partial charge in [-0.15, -0.1) is 22.7 Å². The van der Waals surface area contributed by atoms with Gasteiger partial charge >= 0.3 is 5.69 Å². The van der Waals surface area contributed by atoms with Gasteiger partial charge in [-0.05, 0) is 18.4 Å². The third-order valence-corrected chi connectivity index (χ3v) is 4.91. The van der Waals surface area contributed by atoms with Gasteiger partial charge in [-0.3, -0.25) is 10.1 Å². The Morgan fingerprint density at radius 3 is 2.84 bits per heavy atom. The molecule has 1 atom stereocenters. The van der Waals surface area contributed by atoms with Crippen molar-refractivity contribution in [2.24, 2.45) is 0 Å². The molecular weight excluding hydrogens is 284 g/mol. The summed E-state index contributed by atoms with van der Waals surface area (Å²) in [5.41, 5.74) is 0.0555. The van der Waals surface area contributed by atoms with E-state index in [0.717, 1.165) is 4.88 Å². The van der Waals surface area contributed by atoms with Crippen molar-refractivity contribution in [1.29, 1.82) is 0 Å². The SMILES string of the molecule is CC(O)c1cc([N+](=O)[O-])c(N(C)Cc2cccs2)s1. The van der Waals surface area contributed by atoms with Crippen LogP contribution in [0.25, 0.3) is 0 Å². The van der Waals surface area contributed by atoms with E-state index in [1.165, 1.54) is 17.4 Å². The molecule has 0 fully saturated rings. The first-order valence-corrected chi connectivity index (χ1v) is 7.38. The van der Waals surface area contributed by atoms with Crippen LogP contribution < -0.4 is 4.90 Å². The van der Waals surface area contributed by atoms with E-state index in [2.05, 4.69) is 0 Å². The first-order chi connectivity index (χ1) is 8.99. The van der Waals surface area contributed by atoms with Crippen LogP contribution in [0.15, 0.2) is 23.6 Å². The van der Waals surface area contributed by atoms with Crippen molar-refractivity contribution in [2.75, 3.05) is 11.9 Å². The minimum absolute atomic E-state index is 0.0555. The molecule has 0 saturated carbocycles. The number of nitro groups is 1. The first-order valence-electron chi connectivity index (χ1n) is 5.68. The maximum atomic E-state index is 11.1. The molecule has 1 N–H and O–H groups in total. The van der Waals surface area contributed by atoms with Crippen molar-refractivity contribution in [3.63, 3.8) is 0 Å². The van der Waals surface area contributed by atoms with E-state index in [4.69, 9.17) is 0 Å². The predicted octanol–water partition coefficient (Wildman–Crippen LogP) is 3.41. The molecule has 2 rings (SSSR count). The molecule has 0 radical (unpaired) electrons. The monoisotopic (exact) mass is 298 g/mol. The minimum atomic E-state index is -0.687. The number of rotatable bonds is 5. The van der Waals surface area contributed by atoms with Gasteiger partial charge in [0.25, 0.3) is 0 Å². The molecule has 0 amide bonds. The van der Waals surface area contributed by atoms with E-state index in [1.807, 2.05) is 29.5 Å². The molecule has 2 aromatic rings. The summed E-state index contributed by atoms with van der Waals surface area (Å²) in [5, 5.41) is 23.2. The number of aliphatic hydroxyl groups is 1. The molecule has 0 aliphatic rings. The molecule has 0 aliphatic carbocycles. The highest BCUT2D eigenvalue weighted by Crippen LogP contribution is 2.40. The lowest BCUT2D eigenvalue weighted by molar-refractivity contribution is -0.383. The molecule has 0 aromatic carbocycles. The Labute approximate surface area is 118 Å². The van der Waals surface area contributed by atoms with Gasteiger partial charge in [0.1, 0.15) is 0 Å². The van der Waals surface area contributed by atoms with Crippen molar-refractivity contribution in [3.05, 3.63) is 43.4 Å². The van der Waals surface area contributed by atoms with Crippen LogP contribution in [0.4, 0.5) is 10.7 Å². The number of hydrogen-bond acceptors (Lipinski definition) is 6. The van der Waals surface area contributed by atoms with Crippen LogP contribution in [0.2, 0.25) is 0 Å². The molecule has 2 heterocycles. The lowest BCUT2D eigenvalue weighted by Crippen LogP contribution is -2.15. The van der Waals surface area contributed by atoms with Crippen LogP contribution in [0.1, 0.15) is 22.8 Å². The number of hydrogen-bond donors (Lipinski definition) is 1. The fourth-order valence-electron chi connectivity index (χ4n) is 1.71.